The van der Waals surface area contributed by atoms with Gasteiger partial charge in [0.25, 0.3) is 5.91 Å². The number of halogens is 4. The summed E-state index contributed by atoms with van der Waals surface area (Å²) in [5.74, 6) is -0.381. The van der Waals surface area contributed by atoms with E-state index in [9.17, 15) is 18.0 Å². The Morgan fingerprint density at radius 3 is 2.58 bits per heavy atom. The zero-order valence-electron chi connectivity index (χ0n) is 12.9. The first-order chi connectivity index (χ1) is 11.3. The van der Waals surface area contributed by atoms with Crippen molar-refractivity contribution in [3.63, 3.8) is 0 Å². The molecule has 0 bridgehead atoms. The molecule has 2 rings (SSSR count). The molecule has 0 saturated heterocycles. The van der Waals surface area contributed by atoms with Crippen LogP contribution in [0.5, 0.6) is 0 Å². The van der Waals surface area contributed by atoms with Gasteiger partial charge in [0, 0.05) is 16.3 Å². The van der Waals surface area contributed by atoms with Gasteiger partial charge >= 0.3 is 6.18 Å². The van der Waals surface area contributed by atoms with Crippen molar-refractivity contribution in [1.29, 1.82) is 0 Å². The molecule has 2 aromatic rings. The molecule has 0 spiro atoms. The molecule has 0 aliphatic carbocycles. The SMILES string of the molecule is C[C@H]([NH2+]CC(=O)Nc1cccc(C(F)(F)F)c1)c1ccccc1Cl. The van der Waals surface area contributed by atoms with Gasteiger partial charge in [0.15, 0.2) is 6.54 Å². The van der Waals surface area contributed by atoms with Gasteiger partial charge in [0.2, 0.25) is 0 Å². The largest absolute Gasteiger partial charge is 0.416 e. The lowest BCUT2D eigenvalue weighted by atomic mass is 10.1. The summed E-state index contributed by atoms with van der Waals surface area (Å²) in [5.41, 5.74) is 0.216. The van der Waals surface area contributed by atoms with Gasteiger partial charge in [-0.05, 0) is 31.2 Å². The number of nitrogens with one attached hydrogen (secondary N) is 1. The number of amides is 1. The average Bonchev–Trinajstić information content (AvgIpc) is 2.52. The zero-order valence-corrected chi connectivity index (χ0v) is 13.7. The number of hydrogen-bond donors (Lipinski definition) is 2. The van der Waals surface area contributed by atoms with Crippen molar-refractivity contribution in [2.75, 3.05) is 11.9 Å². The fraction of sp³-hybridized carbons (Fsp3) is 0.235. The Hall–Kier alpha value is -2.05. The monoisotopic (exact) mass is 357 g/mol. The van der Waals surface area contributed by atoms with Gasteiger partial charge in [0.1, 0.15) is 6.04 Å². The van der Waals surface area contributed by atoms with Crippen molar-refractivity contribution in [2.24, 2.45) is 0 Å². The molecule has 0 aliphatic heterocycles. The minimum atomic E-state index is -4.44. The Kier molecular flexibility index (Phi) is 5.85. The molecule has 0 aromatic heterocycles. The molecule has 7 heteroatoms. The molecule has 0 heterocycles. The van der Waals surface area contributed by atoms with Crippen LogP contribution in [0.1, 0.15) is 24.1 Å². The average molecular weight is 358 g/mol. The van der Waals surface area contributed by atoms with Crippen LogP contribution in [0.4, 0.5) is 18.9 Å². The van der Waals surface area contributed by atoms with Gasteiger partial charge < -0.3 is 10.6 Å². The Morgan fingerprint density at radius 1 is 1.21 bits per heavy atom. The minimum absolute atomic E-state index is 0.0500. The van der Waals surface area contributed by atoms with Crippen molar-refractivity contribution in [3.8, 4) is 0 Å². The summed E-state index contributed by atoms with van der Waals surface area (Å²) in [6.45, 7) is 1.97. The predicted molar refractivity (Wildman–Crippen MR) is 86.7 cm³/mol. The highest BCUT2D eigenvalue weighted by Crippen LogP contribution is 2.30. The first-order valence-electron chi connectivity index (χ1n) is 7.32. The van der Waals surface area contributed by atoms with E-state index in [0.29, 0.717) is 5.02 Å². The van der Waals surface area contributed by atoms with Gasteiger partial charge in [-0.3, -0.25) is 4.79 Å². The Morgan fingerprint density at radius 2 is 1.92 bits per heavy atom. The smallest absolute Gasteiger partial charge is 0.332 e. The maximum Gasteiger partial charge on any atom is 0.416 e. The highest BCUT2D eigenvalue weighted by molar-refractivity contribution is 6.31. The predicted octanol–water partition coefficient (Wildman–Crippen LogP) is 3.62. The van der Waals surface area contributed by atoms with E-state index in [1.807, 2.05) is 25.1 Å². The zero-order chi connectivity index (χ0) is 17.7. The summed E-state index contributed by atoms with van der Waals surface area (Å²) in [5, 5.41) is 4.85. The second-order valence-corrected chi connectivity index (χ2v) is 5.78. The molecule has 1 atom stereocenters. The number of rotatable bonds is 5. The van der Waals surface area contributed by atoms with Crippen LogP contribution in [-0.4, -0.2) is 12.5 Å². The highest BCUT2D eigenvalue weighted by Gasteiger charge is 2.30. The molecular weight excluding hydrogens is 341 g/mol. The van der Waals surface area contributed by atoms with Crippen molar-refractivity contribution in [3.05, 3.63) is 64.7 Å². The molecule has 0 fully saturated rings. The number of carbonyl (C=O) groups is 1. The molecule has 1 amide bonds. The van der Waals surface area contributed by atoms with Crippen LogP contribution in [0.2, 0.25) is 5.02 Å². The molecule has 3 nitrogen and oxygen atoms in total. The fourth-order valence-corrected chi connectivity index (χ4v) is 2.55. The number of anilines is 1. The van der Waals surface area contributed by atoms with Gasteiger partial charge in [-0.2, -0.15) is 13.2 Å². The first-order valence-corrected chi connectivity index (χ1v) is 7.70. The van der Waals surface area contributed by atoms with E-state index in [0.717, 1.165) is 17.7 Å². The lowest BCUT2D eigenvalue weighted by Gasteiger charge is -2.13. The number of carbonyl (C=O) groups excluding carboxylic acids is 1. The van der Waals surface area contributed by atoms with Crippen LogP contribution in [0, 0.1) is 0 Å². The third-order valence-corrected chi connectivity index (χ3v) is 3.87. The number of benzene rings is 2. The second kappa shape index (κ2) is 7.68. The molecular formula is C17H17ClF3N2O+. The molecule has 0 aliphatic rings. The van der Waals surface area contributed by atoms with Crippen LogP contribution in [0.15, 0.2) is 48.5 Å². The summed E-state index contributed by atoms with van der Waals surface area (Å²) >= 11 is 6.10. The Labute approximate surface area is 142 Å². The van der Waals surface area contributed by atoms with Crippen LogP contribution < -0.4 is 10.6 Å². The minimum Gasteiger partial charge on any atom is -0.332 e. The van der Waals surface area contributed by atoms with E-state index in [2.05, 4.69) is 5.32 Å². The van der Waals surface area contributed by atoms with E-state index in [1.165, 1.54) is 12.1 Å². The first kappa shape index (κ1) is 18.3. The standard InChI is InChI=1S/C17H16ClF3N2O/c1-11(14-7-2-3-8-15(14)18)22-10-16(24)23-13-6-4-5-12(9-13)17(19,20)21/h2-9,11,22H,10H2,1H3,(H,23,24)/p+1/t11-/m0/s1. The van der Waals surface area contributed by atoms with E-state index in [-0.39, 0.29) is 24.2 Å². The number of quaternary nitrogens is 1. The Balaban J connectivity index is 1.93. The summed E-state index contributed by atoms with van der Waals surface area (Å²) in [7, 11) is 0. The lowest BCUT2D eigenvalue weighted by molar-refractivity contribution is -0.682. The molecule has 2 aromatic carbocycles. The Bertz CT molecular complexity index is 719. The summed E-state index contributed by atoms with van der Waals surface area (Å²) in [6.07, 6.45) is -4.44. The third-order valence-electron chi connectivity index (χ3n) is 3.53. The molecule has 0 unspecified atom stereocenters. The highest BCUT2D eigenvalue weighted by atomic mass is 35.5. The van der Waals surface area contributed by atoms with Crippen LogP contribution >= 0.6 is 11.6 Å². The normalized spacial score (nSPS) is 12.7. The fourth-order valence-electron chi connectivity index (χ4n) is 2.24. The van der Waals surface area contributed by atoms with E-state index in [4.69, 9.17) is 11.6 Å². The maximum absolute atomic E-state index is 12.7. The number of alkyl halides is 3. The number of nitrogens with two attached hydrogens (primary N) is 1. The maximum atomic E-state index is 12.7. The van der Waals surface area contributed by atoms with Crippen molar-refractivity contribution < 1.29 is 23.3 Å². The molecule has 0 saturated carbocycles. The number of hydrogen-bond acceptors (Lipinski definition) is 1. The van der Waals surface area contributed by atoms with Gasteiger partial charge in [-0.1, -0.05) is 35.9 Å². The van der Waals surface area contributed by atoms with Gasteiger partial charge in [-0.15, -0.1) is 0 Å². The van der Waals surface area contributed by atoms with Gasteiger partial charge in [0.05, 0.1) is 5.56 Å². The molecule has 128 valence electrons. The van der Waals surface area contributed by atoms with Crippen LogP contribution in [0.25, 0.3) is 0 Å². The summed E-state index contributed by atoms with van der Waals surface area (Å²) in [6, 6.07) is 11.8. The van der Waals surface area contributed by atoms with Crippen molar-refractivity contribution in [2.45, 2.75) is 19.1 Å². The third kappa shape index (κ3) is 4.97. The second-order valence-electron chi connectivity index (χ2n) is 5.38. The lowest BCUT2D eigenvalue weighted by Crippen LogP contribution is -2.86. The summed E-state index contributed by atoms with van der Waals surface area (Å²) < 4.78 is 38.0. The van der Waals surface area contributed by atoms with Crippen molar-refractivity contribution >= 4 is 23.2 Å². The van der Waals surface area contributed by atoms with E-state index < -0.39 is 11.7 Å². The van der Waals surface area contributed by atoms with E-state index >= 15 is 0 Å². The molecule has 0 radical (unpaired) electrons. The molecule has 24 heavy (non-hydrogen) atoms. The summed E-state index contributed by atoms with van der Waals surface area (Å²) in [4.78, 5) is 11.9. The van der Waals surface area contributed by atoms with Gasteiger partial charge in [-0.25, -0.2) is 0 Å². The van der Waals surface area contributed by atoms with E-state index in [1.54, 1.807) is 11.4 Å². The topological polar surface area (TPSA) is 45.7 Å². The quantitative estimate of drug-likeness (QED) is 0.843. The molecule has 3 N–H and O–H groups in total. The van der Waals surface area contributed by atoms with Crippen molar-refractivity contribution in [1.82, 2.24) is 0 Å². The van der Waals surface area contributed by atoms with Crippen LogP contribution in [-0.2, 0) is 11.0 Å². The van der Waals surface area contributed by atoms with Crippen LogP contribution in [0.3, 0.4) is 0 Å².